The molecule has 1 aromatic carbocycles. The standard InChI is InChI=1S/C25H26N4O2/c1-24(2,3)17-9-10-18-19(11-17)21(15-5-7-16(8-6-15)23(30)31-4)25(13-27,14-28)22(29)20(18)12-26/h5-8,10,17,19,21H,9,11,29H2,1-4H3. The summed E-state index contributed by atoms with van der Waals surface area (Å²) in [5.41, 5.74) is 6.91. The third-order valence-corrected chi connectivity index (χ3v) is 6.79. The Hall–Kier alpha value is -3.56. The number of fused-ring (bicyclic) bond motifs is 1. The SMILES string of the molecule is COC(=O)c1ccc(C2C3CC(C(C)(C)C)CC=C3C(C#N)=C(N)C2(C#N)C#N)cc1. The third-order valence-electron chi connectivity index (χ3n) is 6.79. The van der Waals surface area contributed by atoms with Crippen molar-refractivity contribution in [2.45, 2.75) is 39.5 Å². The molecule has 0 heterocycles. The van der Waals surface area contributed by atoms with Crippen LogP contribution < -0.4 is 5.73 Å². The second-order valence-corrected chi connectivity index (χ2v) is 9.32. The Morgan fingerprint density at radius 2 is 1.77 bits per heavy atom. The third kappa shape index (κ3) is 3.47. The molecule has 2 aliphatic rings. The van der Waals surface area contributed by atoms with Crippen LogP contribution in [0.3, 0.4) is 0 Å². The predicted molar refractivity (Wildman–Crippen MR) is 115 cm³/mol. The van der Waals surface area contributed by atoms with Crippen LogP contribution in [-0.2, 0) is 4.74 Å². The Morgan fingerprint density at radius 1 is 1.16 bits per heavy atom. The molecule has 0 bridgehead atoms. The van der Waals surface area contributed by atoms with E-state index in [1.54, 1.807) is 24.3 Å². The van der Waals surface area contributed by atoms with Crippen molar-refractivity contribution < 1.29 is 9.53 Å². The number of allylic oxidation sites excluding steroid dienone is 4. The minimum Gasteiger partial charge on any atom is -0.465 e. The average Bonchev–Trinajstić information content (AvgIpc) is 2.77. The van der Waals surface area contributed by atoms with Gasteiger partial charge in [0.2, 0.25) is 0 Å². The minimum absolute atomic E-state index is 0.0127. The number of hydrogen-bond acceptors (Lipinski definition) is 6. The van der Waals surface area contributed by atoms with E-state index in [0.29, 0.717) is 11.5 Å². The number of ether oxygens (including phenoxy) is 1. The number of carbonyl (C=O) groups excluding carboxylic acids is 1. The van der Waals surface area contributed by atoms with Crippen LogP contribution in [0.4, 0.5) is 0 Å². The van der Waals surface area contributed by atoms with E-state index in [0.717, 1.165) is 24.0 Å². The fourth-order valence-corrected chi connectivity index (χ4v) is 4.92. The second-order valence-electron chi connectivity index (χ2n) is 9.32. The van der Waals surface area contributed by atoms with E-state index < -0.39 is 17.3 Å². The van der Waals surface area contributed by atoms with Gasteiger partial charge >= 0.3 is 5.97 Å². The quantitative estimate of drug-likeness (QED) is 0.718. The highest BCUT2D eigenvalue weighted by atomic mass is 16.5. The first kappa shape index (κ1) is 22.1. The van der Waals surface area contributed by atoms with Crippen molar-refractivity contribution in [2.75, 3.05) is 7.11 Å². The maximum Gasteiger partial charge on any atom is 0.337 e. The van der Waals surface area contributed by atoms with Crippen molar-refractivity contribution >= 4 is 5.97 Å². The van der Waals surface area contributed by atoms with Crippen LogP contribution in [0.2, 0.25) is 0 Å². The molecule has 0 fully saturated rings. The zero-order chi connectivity index (χ0) is 23.0. The van der Waals surface area contributed by atoms with Crippen molar-refractivity contribution in [3.63, 3.8) is 0 Å². The lowest BCUT2D eigenvalue weighted by Crippen LogP contribution is -2.44. The van der Waals surface area contributed by atoms with Gasteiger partial charge in [-0.3, -0.25) is 0 Å². The number of methoxy groups -OCH3 is 1. The van der Waals surface area contributed by atoms with Crippen molar-refractivity contribution in [3.8, 4) is 18.2 Å². The molecule has 2 aliphatic carbocycles. The van der Waals surface area contributed by atoms with E-state index in [1.807, 2.05) is 0 Å². The van der Waals surface area contributed by atoms with Crippen molar-refractivity contribution in [2.24, 2.45) is 28.4 Å². The molecule has 0 aromatic heterocycles. The molecule has 0 saturated carbocycles. The van der Waals surface area contributed by atoms with Crippen molar-refractivity contribution in [1.29, 1.82) is 15.8 Å². The molecule has 2 N–H and O–H groups in total. The van der Waals surface area contributed by atoms with Crippen molar-refractivity contribution in [1.82, 2.24) is 0 Å². The highest BCUT2D eigenvalue weighted by molar-refractivity contribution is 5.89. The molecule has 0 aliphatic heterocycles. The Labute approximate surface area is 183 Å². The molecule has 0 radical (unpaired) electrons. The maximum atomic E-state index is 11.9. The monoisotopic (exact) mass is 414 g/mol. The smallest absolute Gasteiger partial charge is 0.337 e. The summed E-state index contributed by atoms with van der Waals surface area (Å²) in [5.74, 6) is -0.891. The predicted octanol–water partition coefficient (Wildman–Crippen LogP) is 4.34. The van der Waals surface area contributed by atoms with Crippen molar-refractivity contribution in [3.05, 3.63) is 58.3 Å². The molecule has 3 atom stereocenters. The normalized spacial score (nSPS) is 24.7. The van der Waals surface area contributed by atoms with Gasteiger partial charge in [-0.1, -0.05) is 39.0 Å². The molecule has 6 heteroatoms. The van der Waals surface area contributed by atoms with E-state index in [2.05, 4.69) is 45.1 Å². The molecule has 0 spiro atoms. The summed E-state index contributed by atoms with van der Waals surface area (Å²) in [6, 6.07) is 13.2. The van der Waals surface area contributed by atoms with Gasteiger partial charge in [-0.05, 0) is 53.4 Å². The van der Waals surface area contributed by atoms with Gasteiger partial charge < -0.3 is 10.5 Å². The first-order valence-corrected chi connectivity index (χ1v) is 10.3. The van der Waals surface area contributed by atoms with E-state index in [9.17, 15) is 20.6 Å². The minimum atomic E-state index is -1.67. The zero-order valence-electron chi connectivity index (χ0n) is 18.3. The van der Waals surface area contributed by atoms with Gasteiger partial charge in [0.05, 0.1) is 36.1 Å². The fourth-order valence-electron chi connectivity index (χ4n) is 4.92. The summed E-state index contributed by atoms with van der Waals surface area (Å²) in [6.45, 7) is 6.53. The van der Waals surface area contributed by atoms with E-state index in [1.165, 1.54) is 7.11 Å². The lowest BCUT2D eigenvalue weighted by molar-refractivity contribution is 0.0600. The van der Waals surface area contributed by atoms with E-state index >= 15 is 0 Å². The summed E-state index contributed by atoms with van der Waals surface area (Å²) < 4.78 is 4.77. The fraction of sp³-hybridized carbons (Fsp3) is 0.440. The molecular formula is C25H26N4O2. The Morgan fingerprint density at radius 3 is 2.26 bits per heavy atom. The molecule has 3 unspecified atom stereocenters. The molecule has 158 valence electrons. The zero-order valence-corrected chi connectivity index (χ0v) is 18.3. The molecule has 31 heavy (non-hydrogen) atoms. The van der Waals surface area contributed by atoms with Gasteiger partial charge in [0.25, 0.3) is 0 Å². The largest absolute Gasteiger partial charge is 0.465 e. The number of benzene rings is 1. The summed E-state index contributed by atoms with van der Waals surface area (Å²) in [5, 5.41) is 30.2. The van der Waals surface area contributed by atoms with Crippen LogP contribution in [0.25, 0.3) is 0 Å². The van der Waals surface area contributed by atoms with Gasteiger partial charge in [0, 0.05) is 5.92 Å². The first-order valence-electron chi connectivity index (χ1n) is 10.3. The lowest BCUT2D eigenvalue weighted by Gasteiger charge is -2.47. The number of nitrogens with zero attached hydrogens (tertiary/aromatic N) is 3. The Kier molecular flexibility index (Phi) is 5.66. The maximum absolute atomic E-state index is 11.9. The molecule has 1 aromatic rings. The number of nitriles is 3. The number of carbonyl (C=O) groups is 1. The number of nitrogens with two attached hydrogens (primary N) is 1. The number of rotatable bonds is 2. The molecule has 6 nitrogen and oxygen atoms in total. The highest BCUT2D eigenvalue weighted by Crippen LogP contribution is 2.57. The van der Waals surface area contributed by atoms with E-state index in [4.69, 9.17) is 10.5 Å². The lowest BCUT2D eigenvalue weighted by atomic mass is 9.54. The van der Waals surface area contributed by atoms with Crippen LogP contribution in [0.15, 0.2) is 47.2 Å². The number of esters is 1. The summed E-state index contributed by atoms with van der Waals surface area (Å²) in [7, 11) is 1.31. The van der Waals surface area contributed by atoms with E-state index in [-0.39, 0.29) is 22.6 Å². The van der Waals surface area contributed by atoms with Crippen LogP contribution in [-0.4, -0.2) is 13.1 Å². The van der Waals surface area contributed by atoms with Gasteiger partial charge in [-0.2, -0.15) is 15.8 Å². The first-order chi connectivity index (χ1) is 14.6. The highest BCUT2D eigenvalue weighted by Gasteiger charge is 2.55. The van der Waals surface area contributed by atoms with Crippen LogP contribution >= 0.6 is 0 Å². The Balaban J connectivity index is 2.24. The molecule has 0 amide bonds. The van der Waals surface area contributed by atoms with Crippen LogP contribution in [0, 0.1) is 56.7 Å². The summed E-state index contributed by atoms with van der Waals surface area (Å²) in [6.07, 6.45) is 3.61. The van der Waals surface area contributed by atoms with Crippen LogP contribution in [0.1, 0.15) is 55.5 Å². The van der Waals surface area contributed by atoms with Gasteiger partial charge in [-0.25, -0.2) is 4.79 Å². The topological polar surface area (TPSA) is 124 Å². The molecule has 0 saturated heterocycles. The van der Waals surface area contributed by atoms with Gasteiger partial charge in [0.15, 0.2) is 5.41 Å². The second kappa shape index (κ2) is 7.93. The summed E-state index contributed by atoms with van der Waals surface area (Å²) >= 11 is 0. The average molecular weight is 415 g/mol. The summed E-state index contributed by atoms with van der Waals surface area (Å²) in [4.78, 5) is 11.9. The number of hydrogen-bond donors (Lipinski definition) is 1. The molecule has 3 rings (SSSR count). The Bertz CT molecular complexity index is 1070. The van der Waals surface area contributed by atoms with Gasteiger partial charge in [0.1, 0.15) is 6.07 Å². The van der Waals surface area contributed by atoms with Crippen LogP contribution in [0.5, 0.6) is 0 Å². The molecular weight excluding hydrogens is 388 g/mol. The van der Waals surface area contributed by atoms with Gasteiger partial charge in [-0.15, -0.1) is 0 Å².